The van der Waals surface area contributed by atoms with E-state index in [9.17, 15) is 4.79 Å². The Balaban J connectivity index is 2.03. The Hall–Kier alpha value is -0.610. The zero-order valence-corrected chi connectivity index (χ0v) is 14.4. The predicted molar refractivity (Wildman–Crippen MR) is 86.9 cm³/mol. The minimum absolute atomic E-state index is 0.216. The summed E-state index contributed by atoms with van der Waals surface area (Å²) in [7, 11) is 0. The number of primary amides is 1. The summed E-state index contributed by atoms with van der Waals surface area (Å²) in [5.74, 6) is 1.23. The second-order valence-electron chi connectivity index (χ2n) is 7.92. The van der Waals surface area contributed by atoms with Crippen LogP contribution in [0.1, 0.15) is 60.3 Å². The molecule has 122 valence electrons. The van der Waals surface area contributed by atoms with Gasteiger partial charge in [-0.15, -0.1) is 0 Å². The Morgan fingerprint density at radius 1 is 1.38 bits per heavy atom. The van der Waals surface area contributed by atoms with Crippen molar-refractivity contribution in [2.45, 2.75) is 84.0 Å². The average molecular weight is 295 g/mol. The van der Waals surface area contributed by atoms with Crippen molar-refractivity contribution in [1.29, 1.82) is 0 Å². The second kappa shape index (κ2) is 6.25. The molecular weight excluding hydrogens is 262 g/mol. The van der Waals surface area contributed by atoms with Crippen LogP contribution in [0.25, 0.3) is 0 Å². The molecule has 0 radical (unpaired) electrons. The summed E-state index contributed by atoms with van der Waals surface area (Å²) in [4.78, 5) is 14.5. The summed E-state index contributed by atoms with van der Waals surface area (Å²) in [5.41, 5.74) is 5.12. The van der Waals surface area contributed by atoms with Crippen LogP contribution in [0.2, 0.25) is 0 Å². The minimum atomic E-state index is -0.579. The molecule has 0 aromatic carbocycles. The molecule has 2 fully saturated rings. The van der Waals surface area contributed by atoms with Crippen LogP contribution >= 0.6 is 0 Å². The number of piperidine rings is 1. The lowest BCUT2D eigenvalue weighted by Crippen LogP contribution is -2.59. The van der Waals surface area contributed by atoms with Crippen LogP contribution in [0.5, 0.6) is 0 Å². The van der Waals surface area contributed by atoms with Crippen molar-refractivity contribution in [3.63, 3.8) is 0 Å². The first-order valence-electron chi connectivity index (χ1n) is 8.56. The molecule has 0 bridgehead atoms. The van der Waals surface area contributed by atoms with Gasteiger partial charge in [0.15, 0.2) is 0 Å². The molecule has 2 rings (SSSR count). The normalized spacial score (nSPS) is 35.2. The molecule has 0 spiro atoms. The van der Waals surface area contributed by atoms with Gasteiger partial charge >= 0.3 is 0 Å². The van der Waals surface area contributed by atoms with Gasteiger partial charge in [-0.25, -0.2) is 0 Å². The maximum absolute atomic E-state index is 12.0. The molecule has 2 aliphatic rings. The topological polar surface area (TPSA) is 58.4 Å². The Morgan fingerprint density at radius 3 is 2.52 bits per heavy atom. The Kier molecular flexibility index (Phi) is 4.99. The minimum Gasteiger partial charge on any atom is -0.368 e. The molecule has 3 N–H and O–H groups in total. The number of nitrogens with zero attached hydrogens (tertiary/aromatic N) is 1. The van der Waals surface area contributed by atoms with Crippen LogP contribution in [-0.2, 0) is 4.79 Å². The fourth-order valence-corrected chi connectivity index (χ4v) is 3.96. The Bertz CT molecular complexity index is 382. The van der Waals surface area contributed by atoms with Crippen LogP contribution in [0.3, 0.4) is 0 Å². The van der Waals surface area contributed by atoms with E-state index in [1.54, 1.807) is 0 Å². The summed E-state index contributed by atoms with van der Waals surface area (Å²) >= 11 is 0. The molecule has 4 heteroatoms. The molecule has 21 heavy (non-hydrogen) atoms. The summed E-state index contributed by atoms with van der Waals surface area (Å²) in [6, 6.07) is 1.44. The highest BCUT2D eigenvalue weighted by Gasteiger charge is 2.40. The summed E-state index contributed by atoms with van der Waals surface area (Å²) < 4.78 is 0. The van der Waals surface area contributed by atoms with Crippen LogP contribution in [0.4, 0.5) is 0 Å². The number of nitrogens with one attached hydrogen (secondary N) is 1. The summed E-state index contributed by atoms with van der Waals surface area (Å²) in [5, 5.41) is 3.47. The van der Waals surface area contributed by atoms with Crippen LogP contribution < -0.4 is 11.1 Å². The molecular formula is C17H33N3O. The van der Waals surface area contributed by atoms with E-state index in [0.29, 0.717) is 24.0 Å². The van der Waals surface area contributed by atoms with Gasteiger partial charge in [0, 0.05) is 24.7 Å². The van der Waals surface area contributed by atoms with E-state index in [-0.39, 0.29) is 5.91 Å². The fourth-order valence-electron chi connectivity index (χ4n) is 3.96. The third-order valence-electron chi connectivity index (χ3n) is 5.56. The smallest absolute Gasteiger partial charge is 0.237 e. The van der Waals surface area contributed by atoms with Crippen molar-refractivity contribution in [3.05, 3.63) is 0 Å². The highest BCUT2D eigenvalue weighted by Crippen LogP contribution is 2.31. The maximum atomic E-state index is 12.0. The largest absolute Gasteiger partial charge is 0.368 e. The molecule has 1 saturated heterocycles. The molecule has 5 unspecified atom stereocenters. The van der Waals surface area contributed by atoms with Crippen molar-refractivity contribution < 1.29 is 4.79 Å². The van der Waals surface area contributed by atoms with Crippen molar-refractivity contribution in [3.8, 4) is 0 Å². The van der Waals surface area contributed by atoms with Crippen molar-refractivity contribution >= 4 is 5.91 Å². The fraction of sp³-hybridized carbons (Fsp3) is 0.941. The quantitative estimate of drug-likeness (QED) is 0.789. The van der Waals surface area contributed by atoms with Crippen LogP contribution in [0, 0.1) is 11.8 Å². The highest BCUT2D eigenvalue weighted by molar-refractivity contribution is 5.84. The van der Waals surface area contributed by atoms with Crippen molar-refractivity contribution in [1.82, 2.24) is 10.2 Å². The molecule has 4 nitrogen and oxygen atoms in total. The van der Waals surface area contributed by atoms with E-state index in [1.165, 1.54) is 19.3 Å². The molecule has 0 aromatic rings. The third kappa shape index (κ3) is 3.98. The lowest BCUT2D eigenvalue weighted by atomic mass is 9.83. The molecule has 1 heterocycles. The van der Waals surface area contributed by atoms with Gasteiger partial charge in [-0.2, -0.15) is 0 Å². The molecule has 1 aliphatic heterocycles. The number of hydrogen-bond acceptors (Lipinski definition) is 3. The first-order chi connectivity index (χ1) is 9.73. The first kappa shape index (κ1) is 16.8. The molecule has 5 atom stereocenters. The number of rotatable bonds is 6. The molecule has 0 aromatic heterocycles. The first-order valence-corrected chi connectivity index (χ1v) is 8.56. The number of likely N-dealkylation sites (tertiary alicyclic amines) is 1. The van der Waals surface area contributed by atoms with Gasteiger partial charge in [0.05, 0.1) is 5.54 Å². The second-order valence-corrected chi connectivity index (χ2v) is 7.92. The average Bonchev–Trinajstić information content (AvgIpc) is 3.16. The molecule has 1 amide bonds. The summed E-state index contributed by atoms with van der Waals surface area (Å²) in [6.45, 7) is 12.4. The highest BCUT2D eigenvalue weighted by atomic mass is 16.1. The standard InChI is InChI=1S/C17H33N3O/c1-11-8-12(2)14(4)20(10-11)13(3)9-17(5,16(18)21)19-15-6-7-15/h11-15,19H,6-10H2,1-5H3,(H2,18,21). The van der Waals surface area contributed by atoms with E-state index >= 15 is 0 Å². The van der Waals surface area contributed by atoms with Crippen LogP contribution in [-0.4, -0.2) is 41.0 Å². The van der Waals surface area contributed by atoms with Crippen molar-refractivity contribution in [2.24, 2.45) is 17.6 Å². The van der Waals surface area contributed by atoms with Gasteiger partial charge in [-0.05, 0) is 58.3 Å². The summed E-state index contributed by atoms with van der Waals surface area (Å²) in [6.07, 6.45) is 4.44. The lowest BCUT2D eigenvalue weighted by molar-refractivity contribution is -0.125. The van der Waals surface area contributed by atoms with Gasteiger partial charge < -0.3 is 11.1 Å². The Labute approximate surface area is 129 Å². The van der Waals surface area contributed by atoms with E-state index in [1.807, 2.05) is 6.92 Å². The van der Waals surface area contributed by atoms with E-state index in [0.717, 1.165) is 18.9 Å². The van der Waals surface area contributed by atoms with Gasteiger partial charge in [0.1, 0.15) is 0 Å². The van der Waals surface area contributed by atoms with Gasteiger partial charge in [-0.1, -0.05) is 13.8 Å². The van der Waals surface area contributed by atoms with E-state index < -0.39 is 5.54 Å². The lowest BCUT2D eigenvalue weighted by Gasteiger charge is -2.46. The van der Waals surface area contributed by atoms with Crippen LogP contribution in [0.15, 0.2) is 0 Å². The molecule has 1 aliphatic carbocycles. The zero-order valence-electron chi connectivity index (χ0n) is 14.4. The van der Waals surface area contributed by atoms with Gasteiger partial charge in [0.25, 0.3) is 0 Å². The molecule has 1 saturated carbocycles. The van der Waals surface area contributed by atoms with Crippen molar-refractivity contribution in [2.75, 3.05) is 6.54 Å². The SMILES string of the molecule is CC1CC(C)C(C)N(C(C)CC(C)(NC2CC2)C(N)=O)C1. The zero-order chi connectivity index (χ0) is 15.8. The Morgan fingerprint density at radius 2 is 2.00 bits per heavy atom. The number of nitrogens with two attached hydrogens (primary N) is 1. The maximum Gasteiger partial charge on any atom is 0.237 e. The van der Waals surface area contributed by atoms with E-state index in [4.69, 9.17) is 5.73 Å². The van der Waals surface area contributed by atoms with E-state index in [2.05, 4.69) is 37.9 Å². The number of amides is 1. The predicted octanol–water partition coefficient (Wildman–Crippen LogP) is 2.13. The van der Waals surface area contributed by atoms with Gasteiger partial charge in [0.2, 0.25) is 5.91 Å². The number of carbonyl (C=O) groups is 1. The number of carbonyl (C=O) groups excluding carboxylic acids is 1. The third-order valence-corrected chi connectivity index (χ3v) is 5.56. The van der Waals surface area contributed by atoms with Gasteiger partial charge in [-0.3, -0.25) is 9.69 Å². The number of hydrogen-bond donors (Lipinski definition) is 2. The monoisotopic (exact) mass is 295 g/mol.